The molecular weight excluding hydrogens is 354 g/mol. The fourth-order valence-electron chi connectivity index (χ4n) is 3.46. The first-order valence-corrected chi connectivity index (χ1v) is 9.73. The highest BCUT2D eigenvalue weighted by Crippen LogP contribution is 2.14. The van der Waals surface area contributed by atoms with Crippen LogP contribution in [0.2, 0.25) is 0 Å². The van der Waals surface area contributed by atoms with Gasteiger partial charge in [0.25, 0.3) is 5.91 Å². The molecule has 0 unspecified atom stereocenters. The van der Waals surface area contributed by atoms with E-state index in [1.165, 1.54) is 4.90 Å². The normalized spacial score (nSPS) is 18.9. The Hall–Kier alpha value is -2.86. The monoisotopic (exact) mass is 382 g/mol. The number of benzene rings is 2. The van der Waals surface area contributed by atoms with Gasteiger partial charge in [0.1, 0.15) is 5.75 Å². The van der Waals surface area contributed by atoms with Gasteiger partial charge in [0.2, 0.25) is 5.91 Å². The predicted molar refractivity (Wildman–Crippen MR) is 108 cm³/mol. The van der Waals surface area contributed by atoms with Crippen LogP contribution >= 0.6 is 0 Å². The highest BCUT2D eigenvalue weighted by atomic mass is 16.5. The fraction of sp³-hybridized carbons (Fsp3) is 0.364. The zero-order valence-electron chi connectivity index (χ0n) is 16.2. The average Bonchev–Trinajstić information content (AvgIpc) is 2.74. The topological polar surface area (TPSA) is 71.9 Å². The summed E-state index contributed by atoms with van der Waals surface area (Å²) >= 11 is 0. The lowest BCUT2D eigenvalue weighted by Crippen LogP contribution is -3.14. The van der Waals surface area contributed by atoms with Crippen molar-refractivity contribution in [3.63, 3.8) is 0 Å². The molecule has 1 aliphatic rings. The molecule has 1 fully saturated rings. The third kappa shape index (κ3) is 5.82. The Morgan fingerprint density at radius 2 is 1.71 bits per heavy atom. The minimum absolute atomic E-state index is 0.0197. The fourth-order valence-corrected chi connectivity index (χ4v) is 3.46. The van der Waals surface area contributed by atoms with Gasteiger partial charge in [0.05, 0.1) is 20.2 Å². The van der Waals surface area contributed by atoms with Crippen molar-refractivity contribution in [1.82, 2.24) is 5.32 Å². The van der Waals surface area contributed by atoms with E-state index in [2.05, 4.69) is 10.6 Å². The summed E-state index contributed by atoms with van der Waals surface area (Å²) in [5, 5.41) is 5.95. The van der Waals surface area contributed by atoms with Crippen LogP contribution in [-0.4, -0.2) is 38.6 Å². The Balaban J connectivity index is 1.37. The van der Waals surface area contributed by atoms with Crippen LogP contribution < -0.4 is 20.3 Å². The van der Waals surface area contributed by atoms with Crippen LogP contribution in [0.3, 0.4) is 0 Å². The smallest absolute Gasteiger partial charge is 0.275 e. The molecule has 1 aliphatic heterocycles. The summed E-state index contributed by atoms with van der Waals surface area (Å²) in [6, 6.07) is 17.2. The summed E-state index contributed by atoms with van der Waals surface area (Å²) in [6.07, 6.45) is 1.61. The highest BCUT2D eigenvalue weighted by molar-refractivity contribution is 5.92. The van der Waals surface area contributed by atoms with Gasteiger partial charge in [0, 0.05) is 31.0 Å². The summed E-state index contributed by atoms with van der Waals surface area (Å²) in [5.74, 6) is 0.942. The molecule has 2 aromatic carbocycles. The highest BCUT2D eigenvalue weighted by Gasteiger charge is 2.28. The van der Waals surface area contributed by atoms with Gasteiger partial charge in [0.15, 0.2) is 6.54 Å². The minimum atomic E-state index is 0.0197. The lowest BCUT2D eigenvalue weighted by atomic mass is 9.96. The molecule has 6 nitrogen and oxygen atoms in total. The number of hydrogen-bond acceptors (Lipinski definition) is 3. The first kappa shape index (κ1) is 19.9. The van der Waals surface area contributed by atoms with Crippen molar-refractivity contribution in [2.24, 2.45) is 5.92 Å². The molecule has 2 amide bonds. The number of carbonyl (C=O) groups excluding carboxylic acids is 2. The van der Waals surface area contributed by atoms with Crippen molar-refractivity contribution in [2.45, 2.75) is 19.4 Å². The molecule has 1 heterocycles. The molecule has 0 aromatic heterocycles. The van der Waals surface area contributed by atoms with Crippen LogP contribution in [-0.2, 0) is 16.1 Å². The van der Waals surface area contributed by atoms with Gasteiger partial charge >= 0.3 is 0 Å². The molecular formula is C22H28N3O3+. The minimum Gasteiger partial charge on any atom is -0.497 e. The maximum absolute atomic E-state index is 12.4. The Bertz CT molecular complexity index is 769. The zero-order valence-corrected chi connectivity index (χ0v) is 16.2. The molecule has 0 aliphatic carbocycles. The molecule has 0 bridgehead atoms. The molecule has 2 aromatic rings. The van der Waals surface area contributed by atoms with E-state index >= 15 is 0 Å². The number of amides is 2. The number of carbonyl (C=O) groups is 2. The van der Waals surface area contributed by atoms with Gasteiger partial charge in [-0.3, -0.25) is 9.59 Å². The number of methoxy groups -OCH3 is 1. The van der Waals surface area contributed by atoms with Crippen LogP contribution in [0.4, 0.5) is 5.69 Å². The standard InChI is InChI=1S/C22H27N3O3/c1-28-20-9-7-17(8-10-20)15-23-21(26)16-25-13-11-18(12-14-25)22(27)24-19-5-3-2-4-6-19/h2-10,18H,11-16H2,1H3,(H,23,26)(H,24,27)/p+1. The van der Waals surface area contributed by atoms with Crippen molar-refractivity contribution in [3.05, 3.63) is 60.2 Å². The predicted octanol–water partition coefficient (Wildman–Crippen LogP) is 1.25. The van der Waals surface area contributed by atoms with E-state index in [1.54, 1.807) is 7.11 Å². The lowest BCUT2D eigenvalue weighted by molar-refractivity contribution is -0.897. The molecule has 0 radical (unpaired) electrons. The molecule has 1 saturated heterocycles. The van der Waals surface area contributed by atoms with Crippen LogP contribution in [0.15, 0.2) is 54.6 Å². The van der Waals surface area contributed by atoms with Crippen molar-refractivity contribution >= 4 is 17.5 Å². The Labute approximate surface area is 165 Å². The molecule has 0 spiro atoms. The number of para-hydroxylation sites is 1. The van der Waals surface area contributed by atoms with E-state index in [9.17, 15) is 9.59 Å². The van der Waals surface area contributed by atoms with Crippen molar-refractivity contribution in [1.29, 1.82) is 0 Å². The number of rotatable bonds is 7. The molecule has 0 atom stereocenters. The number of nitrogens with one attached hydrogen (secondary N) is 3. The molecule has 3 rings (SSSR count). The second kappa shape index (κ2) is 9.90. The Morgan fingerprint density at radius 1 is 1.04 bits per heavy atom. The van der Waals surface area contributed by atoms with Crippen LogP contribution in [0, 0.1) is 5.92 Å². The number of anilines is 1. The summed E-state index contributed by atoms with van der Waals surface area (Å²) in [4.78, 5) is 25.9. The lowest BCUT2D eigenvalue weighted by Gasteiger charge is -2.28. The number of ether oxygens (including phenoxy) is 1. The third-order valence-electron chi connectivity index (χ3n) is 5.16. The van der Waals surface area contributed by atoms with E-state index in [1.807, 2.05) is 54.6 Å². The molecule has 28 heavy (non-hydrogen) atoms. The molecule has 3 N–H and O–H groups in total. The quantitative estimate of drug-likeness (QED) is 0.675. The van der Waals surface area contributed by atoms with Crippen LogP contribution in [0.5, 0.6) is 5.75 Å². The third-order valence-corrected chi connectivity index (χ3v) is 5.16. The number of piperidine rings is 1. The van der Waals surface area contributed by atoms with Gasteiger partial charge in [-0.15, -0.1) is 0 Å². The van der Waals surface area contributed by atoms with Gasteiger partial charge < -0.3 is 20.3 Å². The van der Waals surface area contributed by atoms with Gasteiger partial charge in [-0.25, -0.2) is 0 Å². The second-order valence-corrected chi connectivity index (χ2v) is 7.18. The second-order valence-electron chi connectivity index (χ2n) is 7.18. The van der Waals surface area contributed by atoms with Gasteiger partial charge in [-0.2, -0.15) is 0 Å². The van der Waals surface area contributed by atoms with Crippen molar-refractivity contribution in [2.75, 3.05) is 32.1 Å². The van der Waals surface area contributed by atoms with E-state index in [0.29, 0.717) is 13.1 Å². The van der Waals surface area contributed by atoms with E-state index < -0.39 is 0 Å². The maximum Gasteiger partial charge on any atom is 0.275 e. The zero-order chi connectivity index (χ0) is 19.8. The molecule has 0 saturated carbocycles. The number of likely N-dealkylation sites (tertiary alicyclic amines) is 1. The summed E-state index contributed by atoms with van der Waals surface area (Å²) < 4.78 is 5.13. The van der Waals surface area contributed by atoms with Gasteiger partial charge in [-0.05, 0) is 29.8 Å². The summed E-state index contributed by atoms with van der Waals surface area (Å²) in [5.41, 5.74) is 1.88. The number of hydrogen-bond donors (Lipinski definition) is 3. The van der Waals surface area contributed by atoms with Crippen molar-refractivity contribution in [3.8, 4) is 5.75 Å². The first-order chi connectivity index (χ1) is 13.6. The Kier molecular flexibility index (Phi) is 7.03. The molecule has 148 valence electrons. The SMILES string of the molecule is COc1ccc(CNC(=O)C[NH+]2CCC(C(=O)Nc3ccccc3)CC2)cc1. The largest absolute Gasteiger partial charge is 0.497 e. The maximum atomic E-state index is 12.4. The molecule has 6 heteroatoms. The average molecular weight is 382 g/mol. The summed E-state index contributed by atoms with van der Waals surface area (Å²) in [6.45, 7) is 2.63. The van der Waals surface area contributed by atoms with Crippen LogP contribution in [0.25, 0.3) is 0 Å². The first-order valence-electron chi connectivity index (χ1n) is 9.73. The van der Waals surface area contributed by atoms with Crippen molar-refractivity contribution < 1.29 is 19.2 Å². The Morgan fingerprint density at radius 3 is 2.36 bits per heavy atom. The summed E-state index contributed by atoms with van der Waals surface area (Å²) in [7, 11) is 1.63. The number of quaternary nitrogens is 1. The van der Waals surface area contributed by atoms with E-state index in [0.717, 1.165) is 42.9 Å². The van der Waals surface area contributed by atoms with E-state index in [-0.39, 0.29) is 17.7 Å². The van der Waals surface area contributed by atoms with Crippen LogP contribution in [0.1, 0.15) is 18.4 Å². The van der Waals surface area contributed by atoms with E-state index in [4.69, 9.17) is 4.74 Å². The van der Waals surface area contributed by atoms with Gasteiger partial charge in [-0.1, -0.05) is 30.3 Å².